The number of hydrogen-bond acceptors (Lipinski definition) is 9. The molecule has 2 heterocycles. The van der Waals surface area contributed by atoms with Crippen LogP contribution in [0, 0.1) is 5.92 Å². The van der Waals surface area contributed by atoms with Crippen LogP contribution >= 0.6 is 23.5 Å². The van der Waals surface area contributed by atoms with Crippen LogP contribution in [0.4, 0.5) is 0 Å². The lowest BCUT2D eigenvalue weighted by atomic mass is 9.99. The van der Waals surface area contributed by atoms with Crippen molar-refractivity contribution >= 4 is 23.5 Å². The van der Waals surface area contributed by atoms with Gasteiger partial charge in [0.25, 0.3) is 0 Å². The van der Waals surface area contributed by atoms with Crippen molar-refractivity contribution in [2.24, 2.45) is 5.92 Å². The maximum Gasteiger partial charge on any atom is 0.490 e. The van der Waals surface area contributed by atoms with Crippen LogP contribution in [0.25, 0.3) is 0 Å². The Hall–Kier alpha value is -0.130. The van der Waals surface area contributed by atoms with Gasteiger partial charge in [-0.15, -0.1) is 0 Å². The van der Waals surface area contributed by atoms with Gasteiger partial charge in [-0.3, -0.25) is 4.52 Å². The number of nitrogens with zero attached hydrogens (tertiary/aromatic N) is 1. The Balaban J connectivity index is 1.96. The third kappa shape index (κ3) is 6.70. The van der Waals surface area contributed by atoms with Gasteiger partial charge in [-0.2, -0.15) is 8.62 Å². The van der Waals surface area contributed by atoms with Crippen LogP contribution in [0.3, 0.4) is 0 Å². The highest BCUT2D eigenvalue weighted by Crippen LogP contribution is 2.66. The smallest absolute Gasteiger partial charge is 0.390 e. The van der Waals surface area contributed by atoms with Gasteiger partial charge in [0.15, 0.2) is 0 Å². The van der Waals surface area contributed by atoms with Gasteiger partial charge >= 0.3 is 23.5 Å². The van der Waals surface area contributed by atoms with Crippen molar-refractivity contribution in [2.45, 2.75) is 44.6 Å². The number of phosphoric acid groups is 3. The number of phosphoric ester groups is 1. The van der Waals surface area contributed by atoms with Crippen molar-refractivity contribution in [3.63, 3.8) is 0 Å². The number of aliphatic hydroxyl groups is 1. The summed E-state index contributed by atoms with van der Waals surface area (Å²) in [6.45, 7) is 5.69. The van der Waals surface area contributed by atoms with Crippen LogP contribution in [0.5, 0.6) is 0 Å². The third-order valence-corrected chi connectivity index (χ3v) is 8.13. The largest absolute Gasteiger partial charge is 0.490 e. The summed E-state index contributed by atoms with van der Waals surface area (Å²) in [4.78, 5) is 37.5. The van der Waals surface area contributed by atoms with E-state index in [1.165, 1.54) is 0 Å². The third-order valence-electron chi connectivity index (χ3n) is 4.33. The highest BCUT2D eigenvalue weighted by molar-refractivity contribution is 7.66. The summed E-state index contributed by atoms with van der Waals surface area (Å²) in [5.41, 5.74) is 0.851. The molecule has 2 aliphatic rings. The van der Waals surface area contributed by atoms with Crippen LogP contribution in [0.1, 0.15) is 26.2 Å². The lowest BCUT2D eigenvalue weighted by Gasteiger charge is -2.37. The molecule has 0 bridgehead atoms. The van der Waals surface area contributed by atoms with Gasteiger partial charge < -0.3 is 34.3 Å². The van der Waals surface area contributed by atoms with Crippen molar-refractivity contribution in [1.82, 2.24) is 4.90 Å². The number of hydrogen-bond donors (Lipinski definition) is 5. The van der Waals surface area contributed by atoms with E-state index in [-0.39, 0.29) is 5.92 Å². The molecule has 0 radical (unpaired) electrons. The lowest BCUT2D eigenvalue weighted by molar-refractivity contribution is -0.0752. The molecule has 6 atom stereocenters. The molecule has 0 saturated carbocycles. The van der Waals surface area contributed by atoms with Crippen LogP contribution < -0.4 is 0 Å². The highest BCUT2D eigenvalue weighted by Gasteiger charge is 2.46. The first-order valence-electron chi connectivity index (χ1n) is 8.27. The van der Waals surface area contributed by atoms with Crippen LogP contribution in [-0.2, 0) is 31.6 Å². The summed E-state index contributed by atoms with van der Waals surface area (Å²) < 4.78 is 51.2. The molecule has 2 fully saturated rings. The lowest BCUT2D eigenvalue weighted by Crippen LogP contribution is -2.41. The molecule has 0 spiro atoms. The van der Waals surface area contributed by atoms with Gasteiger partial charge in [-0.25, -0.2) is 13.7 Å². The molecule has 0 aromatic carbocycles. The second-order valence-electron chi connectivity index (χ2n) is 6.52. The Kier molecular flexibility index (Phi) is 7.70. The van der Waals surface area contributed by atoms with E-state index in [9.17, 15) is 23.7 Å². The monoisotopic (exact) mass is 467 g/mol. The van der Waals surface area contributed by atoms with Crippen molar-refractivity contribution < 1.29 is 56.3 Å². The molecule has 28 heavy (non-hydrogen) atoms. The second-order valence-corrected chi connectivity index (χ2v) is 10.9. The minimum atomic E-state index is -5.59. The Morgan fingerprint density at radius 1 is 1.14 bits per heavy atom. The summed E-state index contributed by atoms with van der Waals surface area (Å²) in [7, 11) is -16.3. The van der Waals surface area contributed by atoms with E-state index in [1.807, 2.05) is 4.90 Å². The van der Waals surface area contributed by atoms with Gasteiger partial charge in [0.1, 0.15) is 12.3 Å². The topological polar surface area (TPSA) is 193 Å². The van der Waals surface area contributed by atoms with Crippen molar-refractivity contribution in [3.8, 4) is 0 Å². The molecule has 2 rings (SSSR count). The number of allylic oxidation sites excluding steroid dienone is 1. The first-order valence-corrected chi connectivity index (χ1v) is 12.8. The fourth-order valence-corrected chi connectivity index (χ4v) is 6.11. The Bertz CT molecular complexity index is 725. The summed E-state index contributed by atoms with van der Waals surface area (Å²) in [5.74, 6) is -0.385. The molecule has 0 aliphatic carbocycles. The molecular formula is C12H24NO12P3. The van der Waals surface area contributed by atoms with Crippen LogP contribution in [0.15, 0.2) is 12.3 Å². The fraction of sp³-hybridized carbons (Fsp3) is 0.833. The number of aliphatic hydroxyl groups excluding tert-OH is 1. The first kappa shape index (κ1) is 24.1. The minimum Gasteiger partial charge on any atom is -0.390 e. The predicted molar refractivity (Wildman–Crippen MR) is 93.3 cm³/mol. The zero-order valence-electron chi connectivity index (χ0n) is 14.9. The van der Waals surface area contributed by atoms with Gasteiger partial charge in [0, 0.05) is 18.2 Å². The number of piperidine rings is 1. The fourth-order valence-electron chi connectivity index (χ4n) is 3.08. The molecule has 164 valence electrons. The summed E-state index contributed by atoms with van der Waals surface area (Å²) in [6, 6.07) is 0. The Morgan fingerprint density at radius 2 is 1.79 bits per heavy atom. The number of rotatable bonds is 8. The second kappa shape index (κ2) is 8.93. The molecule has 13 nitrogen and oxygen atoms in total. The van der Waals surface area contributed by atoms with E-state index in [0.29, 0.717) is 6.54 Å². The van der Waals surface area contributed by atoms with E-state index in [1.54, 1.807) is 6.92 Å². The molecular weight excluding hydrogens is 443 g/mol. The molecule has 5 N–H and O–H groups in total. The maximum atomic E-state index is 11.8. The number of ether oxygens (including phenoxy) is 1. The maximum absolute atomic E-state index is 11.8. The summed E-state index contributed by atoms with van der Waals surface area (Å²) in [6.07, 6.45) is 0.0426. The standard InChI is InChI=1S/C12H24NO12P3/c1-8-5-3-4-6-13(8)12-9(2)11(14)10(23-12)7-22-27(18,19)25-28(20,21)24-26(15,16)17/h9-12,14H,1,3-7H2,2H3,(H,18,19)(H,20,21)(H2,15,16,17). The molecule has 6 unspecified atom stereocenters. The van der Waals surface area contributed by atoms with E-state index in [4.69, 9.17) is 19.4 Å². The van der Waals surface area contributed by atoms with E-state index in [2.05, 4.69) is 19.7 Å². The average Bonchev–Trinajstić information content (AvgIpc) is 2.78. The molecule has 16 heteroatoms. The van der Waals surface area contributed by atoms with E-state index >= 15 is 0 Å². The van der Waals surface area contributed by atoms with E-state index in [0.717, 1.165) is 25.0 Å². The molecule has 2 aliphatic heterocycles. The SMILES string of the molecule is C=C1CCCCN1C1OC(COP(=O)(O)OP(=O)(O)OP(=O)(O)O)C(O)C1C. The molecule has 0 aromatic heterocycles. The first-order chi connectivity index (χ1) is 12.7. The van der Waals surface area contributed by atoms with Crippen molar-refractivity contribution in [3.05, 3.63) is 12.3 Å². The van der Waals surface area contributed by atoms with Gasteiger partial charge in [0.2, 0.25) is 0 Å². The molecule has 0 amide bonds. The Labute approximate surface area is 161 Å². The van der Waals surface area contributed by atoms with Crippen LogP contribution in [-0.4, -0.2) is 61.2 Å². The summed E-state index contributed by atoms with van der Waals surface area (Å²) in [5, 5.41) is 10.3. The Morgan fingerprint density at radius 3 is 2.36 bits per heavy atom. The van der Waals surface area contributed by atoms with Gasteiger partial charge in [-0.1, -0.05) is 13.5 Å². The molecule has 2 saturated heterocycles. The van der Waals surface area contributed by atoms with Crippen molar-refractivity contribution in [2.75, 3.05) is 13.2 Å². The van der Waals surface area contributed by atoms with Gasteiger partial charge in [0.05, 0.1) is 12.7 Å². The number of likely N-dealkylation sites (tertiary alicyclic amines) is 1. The zero-order chi connectivity index (χ0) is 21.3. The molecule has 0 aromatic rings. The van der Waals surface area contributed by atoms with E-state index < -0.39 is 48.5 Å². The van der Waals surface area contributed by atoms with Crippen molar-refractivity contribution in [1.29, 1.82) is 0 Å². The minimum absolute atomic E-state index is 0.385. The normalized spacial score (nSPS) is 33.5. The summed E-state index contributed by atoms with van der Waals surface area (Å²) >= 11 is 0. The zero-order valence-corrected chi connectivity index (χ0v) is 17.6. The van der Waals surface area contributed by atoms with Gasteiger partial charge in [-0.05, 0) is 19.3 Å². The quantitative estimate of drug-likeness (QED) is 0.318. The predicted octanol–water partition coefficient (Wildman–Crippen LogP) is 1.05. The highest BCUT2D eigenvalue weighted by atomic mass is 31.3. The van der Waals surface area contributed by atoms with Crippen LogP contribution in [0.2, 0.25) is 0 Å². The average molecular weight is 467 g/mol.